The van der Waals surface area contributed by atoms with Crippen molar-refractivity contribution in [3.05, 3.63) is 45.9 Å². The molecule has 0 unspecified atom stereocenters. The normalized spacial score (nSPS) is 14.9. The number of nitrogens with one attached hydrogen (secondary N) is 2. The number of hydrogen-bond donors (Lipinski definition) is 2. The summed E-state index contributed by atoms with van der Waals surface area (Å²) in [7, 11) is 3.78. The molecule has 1 aliphatic carbocycles. The highest BCUT2D eigenvalue weighted by Gasteiger charge is 2.22. The summed E-state index contributed by atoms with van der Waals surface area (Å²) in [5, 5.41) is 9.61. The second-order valence-corrected chi connectivity index (χ2v) is 8.35. The maximum Gasteiger partial charge on any atom is 0.227 e. The molecular weight excluding hydrogens is 370 g/mol. The van der Waals surface area contributed by atoms with Crippen molar-refractivity contribution in [2.75, 3.05) is 19.4 Å². The van der Waals surface area contributed by atoms with Gasteiger partial charge in [-0.25, -0.2) is 4.98 Å². The molecule has 1 amide bonds. The predicted molar refractivity (Wildman–Crippen MR) is 116 cm³/mol. The Kier molecular flexibility index (Phi) is 7.03. The van der Waals surface area contributed by atoms with Crippen LogP contribution in [-0.2, 0) is 17.9 Å². The lowest BCUT2D eigenvalue weighted by molar-refractivity contribution is -0.119. The second kappa shape index (κ2) is 9.68. The molecule has 1 saturated carbocycles. The van der Waals surface area contributed by atoms with Crippen molar-refractivity contribution in [2.24, 2.45) is 10.9 Å². The third-order valence-corrected chi connectivity index (χ3v) is 5.83. The molecule has 0 saturated heterocycles. The maximum atomic E-state index is 12.3. The minimum atomic E-state index is 0.150. The Hall–Kier alpha value is -2.41. The van der Waals surface area contributed by atoms with E-state index in [0.717, 1.165) is 53.6 Å². The Labute approximate surface area is 171 Å². The van der Waals surface area contributed by atoms with E-state index in [0.29, 0.717) is 13.1 Å². The number of carbonyl (C=O) groups excluding carboxylic acids is 1. The van der Waals surface area contributed by atoms with Crippen LogP contribution < -0.4 is 10.6 Å². The monoisotopic (exact) mass is 399 g/mol. The fourth-order valence-corrected chi connectivity index (χ4v) is 4.16. The molecule has 0 aliphatic heterocycles. The van der Waals surface area contributed by atoms with Crippen molar-refractivity contribution < 1.29 is 4.79 Å². The van der Waals surface area contributed by atoms with E-state index in [-0.39, 0.29) is 11.8 Å². The van der Waals surface area contributed by atoms with Gasteiger partial charge in [0.15, 0.2) is 5.96 Å². The Morgan fingerprint density at radius 3 is 2.82 bits per heavy atom. The summed E-state index contributed by atoms with van der Waals surface area (Å²) in [6, 6.07) is 8.00. The molecule has 1 heterocycles. The Morgan fingerprint density at radius 1 is 1.36 bits per heavy atom. The van der Waals surface area contributed by atoms with Gasteiger partial charge in [0.05, 0.1) is 17.2 Å². The molecule has 1 aromatic heterocycles. The van der Waals surface area contributed by atoms with Crippen molar-refractivity contribution in [1.82, 2.24) is 15.2 Å². The number of nitrogens with zero attached hydrogens (tertiary/aromatic N) is 3. The van der Waals surface area contributed by atoms with Gasteiger partial charge in [0, 0.05) is 37.6 Å². The standard InChI is InChI=1S/C21H29N5OS/c1-15-24-19(14-28-15)13-26(3)21(22-2)23-12-16-7-6-10-18(11-16)25-20(27)17-8-4-5-9-17/h6-7,10-11,14,17H,4-5,8-9,12-13H2,1-3H3,(H,22,23)(H,25,27). The van der Waals surface area contributed by atoms with Crippen molar-refractivity contribution in [2.45, 2.75) is 45.7 Å². The highest BCUT2D eigenvalue weighted by Crippen LogP contribution is 2.26. The van der Waals surface area contributed by atoms with E-state index < -0.39 is 0 Å². The minimum absolute atomic E-state index is 0.150. The van der Waals surface area contributed by atoms with Crippen molar-refractivity contribution in [1.29, 1.82) is 0 Å². The van der Waals surface area contributed by atoms with Gasteiger partial charge in [-0.1, -0.05) is 25.0 Å². The second-order valence-electron chi connectivity index (χ2n) is 7.29. The van der Waals surface area contributed by atoms with Gasteiger partial charge < -0.3 is 15.5 Å². The number of aromatic nitrogens is 1. The molecule has 6 nitrogen and oxygen atoms in total. The van der Waals surface area contributed by atoms with E-state index in [1.54, 1.807) is 18.4 Å². The Bertz CT molecular complexity index is 826. The first-order valence-electron chi connectivity index (χ1n) is 9.77. The summed E-state index contributed by atoms with van der Waals surface area (Å²) >= 11 is 1.66. The SMILES string of the molecule is CN=C(NCc1cccc(NC(=O)C2CCCC2)c1)N(C)Cc1csc(C)n1. The molecule has 2 aromatic rings. The lowest BCUT2D eigenvalue weighted by atomic mass is 10.1. The number of rotatable bonds is 6. The van der Waals surface area contributed by atoms with E-state index in [1.165, 1.54) is 0 Å². The molecule has 7 heteroatoms. The van der Waals surface area contributed by atoms with Crippen LogP contribution in [0.3, 0.4) is 0 Å². The van der Waals surface area contributed by atoms with Gasteiger partial charge in [-0.15, -0.1) is 11.3 Å². The molecule has 1 aromatic carbocycles. The first-order valence-corrected chi connectivity index (χ1v) is 10.7. The van der Waals surface area contributed by atoms with Crippen LogP contribution in [0.5, 0.6) is 0 Å². The van der Waals surface area contributed by atoms with Gasteiger partial charge >= 0.3 is 0 Å². The maximum absolute atomic E-state index is 12.3. The van der Waals surface area contributed by atoms with Gasteiger partial charge in [-0.2, -0.15) is 0 Å². The topological polar surface area (TPSA) is 69.6 Å². The summed E-state index contributed by atoms with van der Waals surface area (Å²) in [5.74, 6) is 1.13. The number of thiazole rings is 1. The van der Waals surface area contributed by atoms with Crippen LogP contribution in [-0.4, -0.2) is 35.8 Å². The molecular formula is C21H29N5OS. The fraction of sp³-hybridized carbons (Fsp3) is 0.476. The molecule has 0 spiro atoms. The first kappa shape index (κ1) is 20.3. The lowest BCUT2D eigenvalue weighted by Gasteiger charge is -2.21. The van der Waals surface area contributed by atoms with Gasteiger partial charge in [0.25, 0.3) is 0 Å². The number of carbonyl (C=O) groups is 1. The molecule has 150 valence electrons. The number of aliphatic imine (C=N–C) groups is 1. The zero-order valence-electron chi connectivity index (χ0n) is 16.9. The van der Waals surface area contributed by atoms with Crippen molar-refractivity contribution in [3.63, 3.8) is 0 Å². The minimum Gasteiger partial charge on any atom is -0.352 e. The summed E-state index contributed by atoms with van der Waals surface area (Å²) in [6.45, 7) is 3.36. The average molecular weight is 400 g/mol. The summed E-state index contributed by atoms with van der Waals surface area (Å²) < 4.78 is 0. The van der Waals surface area contributed by atoms with Crippen LogP contribution in [0.4, 0.5) is 5.69 Å². The highest BCUT2D eigenvalue weighted by atomic mass is 32.1. The summed E-state index contributed by atoms with van der Waals surface area (Å²) in [6.07, 6.45) is 4.34. The van der Waals surface area contributed by atoms with Crippen molar-refractivity contribution in [3.8, 4) is 0 Å². The number of anilines is 1. The van der Waals surface area contributed by atoms with Gasteiger partial charge in [0.2, 0.25) is 5.91 Å². The number of amides is 1. The van der Waals surface area contributed by atoms with Crippen LogP contribution in [0, 0.1) is 12.8 Å². The van der Waals surface area contributed by atoms with Gasteiger partial charge in [-0.3, -0.25) is 9.79 Å². The number of guanidine groups is 1. The average Bonchev–Trinajstić information content (AvgIpc) is 3.34. The van der Waals surface area contributed by atoms with E-state index >= 15 is 0 Å². The number of hydrogen-bond acceptors (Lipinski definition) is 4. The molecule has 0 bridgehead atoms. The van der Waals surface area contributed by atoms with Gasteiger partial charge in [-0.05, 0) is 37.5 Å². The highest BCUT2D eigenvalue weighted by molar-refractivity contribution is 7.09. The third kappa shape index (κ3) is 5.55. The van der Waals surface area contributed by atoms with E-state index in [2.05, 4.69) is 37.0 Å². The molecule has 1 aliphatic rings. The molecule has 28 heavy (non-hydrogen) atoms. The fourth-order valence-electron chi connectivity index (χ4n) is 3.56. The third-order valence-electron chi connectivity index (χ3n) is 5.01. The van der Waals surface area contributed by atoms with E-state index in [9.17, 15) is 4.79 Å². The van der Waals surface area contributed by atoms with E-state index in [1.807, 2.05) is 32.2 Å². The zero-order valence-corrected chi connectivity index (χ0v) is 17.7. The molecule has 1 fully saturated rings. The summed E-state index contributed by atoms with van der Waals surface area (Å²) in [4.78, 5) is 23.3. The van der Waals surface area contributed by atoms with E-state index in [4.69, 9.17) is 0 Å². The summed E-state index contributed by atoms with van der Waals surface area (Å²) in [5.41, 5.74) is 3.00. The zero-order chi connectivity index (χ0) is 19.9. The quantitative estimate of drug-likeness (QED) is 0.573. The van der Waals surface area contributed by atoms with Crippen LogP contribution in [0.15, 0.2) is 34.6 Å². The number of aryl methyl sites for hydroxylation is 1. The Morgan fingerprint density at radius 2 is 2.14 bits per heavy atom. The smallest absolute Gasteiger partial charge is 0.227 e. The van der Waals surface area contributed by atoms with Crippen LogP contribution >= 0.6 is 11.3 Å². The van der Waals surface area contributed by atoms with Crippen LogP contribution in [0.1, 0.15) is 41.9 Å². The lowest BCUT2D eigenvalue weighted by Crippen LogP contribution is -2.38. The van der Waals surface area contributed by atoms with Crippen LogP contribution in [0.25, 0.3) is 0 Å². The number of benzene rings is 1. The van der Waals surface area contributed by atoms with Gasteiger partial charge in [0.1, 0.15) is 0 Å². The van der Waals surface area contributed by atoms with Crippen molar-refractivity contribution >= 4 is 28.9 Å². The predicted octanol–water partition coefficient (Wildman–Crippen LogP) is 3.79. The molecule has 0 atom stereocenters. The Balaban J connectivity index is 1.54. The molecule has 2 N–H and O–H groups in total. The molecule has 0 radical (unpaired) electrons. The first-order chi connectivity index (χ1) is 13.5. The molecule has 3 rings (SSSR count). The van der Waals surface area contributed by atoms with Crippen LogP contribution in [0.2, 0.25) is 0 Å². The largest absolute Gasteiger partial charge is 0.352 e.